The third-order valence-electron chi connectivity index (χ3n) is 8.84. The van der Waals surface area contributed by atoms with Crippen molar-refractivity contribution < 1.29 is 18.3 Å². The predicted molar refractivity (Wildman–Crippen MR) is 131 cm³/mol. The Morgan fingerprint density at radius 1 is 1.12 bits per heavy atom. The van der Waals surface area contributed by atoms with E-state index in [-0.39, 0.29) is 48.1 Å². The first-order valence-corrected chi connectivity index (χ1v) is 14.4. The summed E-state index contributed by atoms with van der Waals surface area (Å²) in [5.74, 6) is 0.583. The van der Waals surface area contributed by atoms with Crippen molar-refractivity contribution in [3.8, 4) is 0 Å². The number of aliphatic hydroxyl groups is 1. The lowest BCUT2D eigenvalue weighted by atomic mass is 9.58. The summed E-state index contributed by atoms with van der Waals surface area (Å²) < 4.78 is 23.5. The summed E-state index contributed by atoms with van der Waals surface area (Å²) in [5.41, 5.74) is 1.05. The zero-order valence-corrected chi connectivity index (χ0v) is 21.2. The van der Waals surface area contributed by atoms with E-state index in [0.29, 0.717) is 12.5 Å². The van der Waals surface area contributed by atoms with Gasteiger partial charge < -0.3 is 10.0 Å². The summed E-state index contributed by atoms with van der Waals surface area (Å²) >= 11 is 0. The first-order valence-electron chi connectivity index (χ1n) is 12.5. The minimum Gasteiger partial charge on any atom is -0.365 e. The van der Waals surface area contributed by atoms with E-state index in [0.717, 1.165) is 19.4 Å². The van der Waals surface area contributed by atoms with Crippen LogP contribution in [0.4, 0.5) is 0 Å². The molecule has 0 bridgehead atoms. The number of aliphatic hydroxyl groups excluding tert-OH is 1. The number of hydrogen-bond acceptors (Lipinski definition) is 7. The lowest BCUT2D eigenvalue weighted by molar-refractivity contribution is -0.147. The number of amides is 1. The quantitative estimate of drug-likeness (QED) is 0.635. The van der Waals surface area contributed by atoms with Crippen molar-refractivity contribution in [1.82, 2.24) is 19.6 Å². The topological polar surface area (TPSA) is 84.4 Å². The number of hydrogen-bond donors (Lipinski definition) is 1. The van der Waals surface area contributed by atoms with Crippen molar-refractivity contribution in [2.24, 2.45) is 5.92 Å². The van der Waals surface area contributed by atoms with Crippen LogP contribution in [0.25, 0.3) is 0 Å². The molecule has 2 saturated carbocycles. The van der Waals surface area contributed by atoms with Crippen LogP contribution < -0.4 is 0 Å². The van der Waals surface area contributed by atoms with Gasteiger partial charge in [0.1, 0.15) is 0 Å². The Bertz CT molecular complexity index is 991. The SMILES string of the molecule is CN(C)C1(c2ccccc2)CC2(CN(CC(=O)N3CCS(=O)(=O)CC3)C(O)N2CC2CCC2)C1. The molecule has 1 spiro atoms. The van der Waals surface area contributed by atoms with Gasteiger partial charge in [0.05, 0.1) is 18.1 Å². The van der Waals surface area contributed by atoms with Crippen LogP contribution in [0.5, 0.6) is 0 Å². The normalized spacial score (nSPS) is 34.4. The van der Waals surface area contributed by atoms with Gasteiger partial charge in [-0.05, 0) is 51.3 Å². The number of sulfone groups is 1. The summed E-state index contributed by atoms with van der Waals surface area (Å²) in [6, 6.07) is 10.6. The largest absolute Gasteiger partial charge is 0.365 e. The van der Waals surface area contributed by atoms with E-state index < -0.39 is 16.2 Å². The van der Waals surface area contributed by atoms with Gasteiger partial charge in [-0.15, -0.1) is 0 Å². The minimum absolute atomic E-state index is 0.0292. The molecule has 1 aromatic carbocycles. The first kappa shape index (κ1) is 24.2. The third-order valence-corrected chi connectivity index (χ3v) is 10.4. The van der Waals surface area contributed by atoms with E-state index in [1.807, 2.05) is 11.0 Å². The molecule has 0 aromatic heterocycles. The summed E-state index contributed by atoms with van der Waals surface area (Å²) in [6.07, 6.45) is 4.71. The van der Waals surface area contributed by atoms with Crippen LogP contribution in [-0.2, 0) is 20.2 Å². The van der Waals surface area contributed by atoms with Gasteiger partial charge in [-0.25, -0.2) is 8.42 Å². The summed E-state index contributed by atoms with van der Waals surface area (Å²) in [6.45, 7) is 2.15. The van der Waals surface area contributed by atoms with Crippen LogP contribution in [0.3, 0.4) is 0 Å². The molecule has 34 heavy (non-hydrogen) atoms. The molecular formula is C25H38N4O4S. The van der Waals surface area contributed by atoms with E-state index in [2.05, 4.69) is 48.2 Å². The highest BCUT2D eigenvalue weighted by Gasteiger charge is 2.64. The van der Waals surface area contributed by atoms with Gasteiger partial charge in [0.2, 0.25) is 5.91 Å². The lowest BCUT2D eigenvalue weighted by Gasteiger charge is -2.61. The molecule has 1 aromatic rings. The molecule has 8 nitrogen and oxygen atoms in total. The van der Waals surface area contributed by atoms with Crippen molar-refractivity contribution >= 4 is 15.7 Å². The van der Waals surface area contributed by atoms with Gasteiger partial charge in [-0.3, -0.25) is 19.5 Å². The second-order valence-corrected chi connectivity index (χ2v) is 13.4. The molecule has 9 heteroatoms. The van der Waals surface area contributed by atoms with E-state index in [4.69, 9.17) is 0 Å². The number of carbonyl (C=O) groups excluding carboxylic acids is 1. The molecule has 1 unspecified atom stereocenters. The highest BCUT2D eigenvalue weighted by atomic mass is 32.2. The van der Waals surface area contributed by atoms with Gasteiger partial charge in [0, 0.05) is 37.3 Å². The Balaban J connectivity index is 1.34. The Labute approximate surface area is 203 Å². The van der Waals surface area contributed by atoms with Crippen molar-refractivity contribution in [3.63, 3.8) is 0 Å². The zero-order valence-electron chi connectivity index (χ0n) is 20.4. The second-order valence-electron chi connectivity index (χ2n) is 11.1. The van der Waals surface area contributed by atoms with E-state index in [1.165, 1.54) is 24.8 Å². The van der Waals surface area contributed by atoms with Crippen molar-refractivity contribution in [2.45, 2.75) is 49.5 Å². The predicted octanol–water partition coefficient (Wildman–Crippen LogP) is 0.927. The van der Waals surface area contributed by atoms with Crippen molar-refractivity contribution in [3.05, 3.63) is 35.9 Å². The molecule has 2 heterocycles. The standard InChI is InChI=1S/C25H38N4O4S/c1-26(2)25(21-9-4-3-5-10-21)17-24(18-25)19-28(23(31)29(24)15-20-7-6-8-20)16-22(30)27-11-13-34(32,33)14-12-27/h3-5,9-10,20,23,31H,6-8,11-19H2,1-2H3. The molecule has 1 N–H and O–H groups in total. The fourth-order valence-corrected chi connectivity index (χ4v) is 7.69. The third kappa shape index (κ3) is 4.19. The maximum Gasteiger partial charge on any atom is 0.236 e. The van der Waals surface area contributed by atoms with Gasteiger partial charge in [-0.1, -0.05) is 36.8 Å². The number of carbonyl (C=O) groups is 1. The van der Waals surface area contributed by atoms with Crippen LogP contribution in [0.1, 0.15) is 37.7 Å². The number of rotatable bonds is 6. The Morgan fingerprint density at radius 2 is 1.76 bits per heavy atom. The van der Waals surface area contributed by atoms with Gasteiger partial charge >= 0.3 is 0 Å². The maximum atomic E-state index is 13.0. The highest BCUT2D eigenvalue weighted by molar-refractivity contribution is 7.91. The van der Waals surface area contributed by atoms with Crippen LogP contribution >= 0.6 is 0 Å². The maximum absolute atomic E-state index is 13.0. The van der Waals surface area contributed by atoms with Crippen LogP contribution in [0.2, 0.25) is 0 Å². The molecule has 1 amide bonds. The van der Waals surface area contributed by atoms with Crippen LogP contribution in [0, 0.1) is 5.92 Å². The van der Waals surface area contributed by atoms with E-state index >= 15 is 0 Å². The average Bonchev–Trinajstić information content (AvgIpc) is 3.01. The molecule has 4 aliphatic rings. The summed E-state index contributed by atoms with van der Waals surface area (Å²) in [5, 5.41) is 11.4. The highest BCUT2D eigenvalue weighted by Crippen LogP contribution is 2.57. The second kappa shape index (κ2) is 8.85. The van der Waals surface area contributed by atoms with Crippen molar-refractivity contribution in [2.75, 3.05) is 58.3 Å². The molecule has 188 valence electrons. The zero-order chi connectivity index (χ0) is 24.1. The van der Waals surface area contributed by atoms with E-state index in [1.54, 1.807) is 4.90 Å². The fourth-order valence-electron chi connectivity index (χ4n) is 6.49. The first-order chi connectivity index (χ1) is 16.1. The minimum atomic E-state index is -3.04. The number of benzene rings is 1. The molecule has 2 aliphatic carbocycles. The Morgan fingerprint density at radius 3 is 2.32 bits per heavy atom. The Hall–Kier alpha value is -1.52. The smallest absolute Gasteiger partial charge is 0.236 e. The van der Waals surface area contributed by atoms with Crippen molar-refractivity contribution in [1.29, 1.82) is 0 Å². The Kier molecular flexibility index (Phi) is 6.30. The van der Waals surface area contributed by atoms with Crippen LogP contribution in [-0.4, -0.2) is 109 Å². The average molecular weight is 491 g/mol. The van der Waals surface area contributed by atoms with Crippen LogP contribution in [0.15, 0.2) is 30.3 Å². The van der Waals surface area contributed by atoms with E-state index in [9.17, 15) is 18.3 Å². The number of nitrogens with zero attached hydrogens (tertiary/aromatic N) is 4. The monoisotopic (exact) mass is 490 g/mol. The molecule has 2 saturated heterocycles. The summed E-state index contributed by atoms with van der Waals surface area (Å²) in [4.78, 5) is 21.2. The molecule has 1 atom stereocenters. The molecular weight excluding hydrogens is 452 g/mol. The van der Waals surface area contributed by atoms with Gasteiger partial charge in [0.15, 0.2) is 16.2 Å². The fraction of sp³-hybridized carbons (Fsp3) is 0.720. The summed E-state index contributed by atoms with van der Waals surface area (Å²) in [7, 11) is 1.23. The molecule has 4 fully saturated rings. The van der Waals surface area contributed by atoms with Gasteiger partial charge in [-0.2, -0.15) is 0 Å². The molecule has 0 radical (unpaired) electrons. The molecule has 5 rings (SSSR count). The lowest BCUT2D eigenvalue weighted by Crippen LogP contribution is -2.68. The molecule has 2 aliphatic heterocycles. The van der Waals surface area contributed by atoms with Gasteiger partial charge in [0.25, 0.3) is 0 Å².